The number of hydrogen-bond donors (Lipinski definition) is 1. The van der Waals surface area contributed by atoms with Gasteiger partial charge >= 0.3 is 0 Å². The van der Waals surface area contributed by atoms with Crippen LogP contribution < -0.4 is 0 Å². The van der Waals surface area contributed by atoms with E-state index in [-0.39, 0.29) is 11.8 Å². The number of fused-ring (bicyclic) bond motifs is 3. The molecule has 7 nitrogen and oxygen atoms in total. The lowest BCUT2D eigenvalue weighted by Crippen LogP contribution is -2.45. The molecule has 3 unspecified atom stereocenters. The molecule has 0 spiro atoms. The molecular weight excluding hydrogens is 340 g/mol. The summed E-state index contributed by atoms with van der Waals surface area (Å²) in [4.78, 5) is 29.8. The molecule has 2 aliphatic heterocycles. The van der Waals surface area contributed by atoms with Gasteiger partial charge in [-0.3, -0.25) is 9.20 Å². The van der Waals surface area contributed by atoms with Gasteiger partial charge in [0, 0.05) is 31.7 Å². The smallest absolute Gasteiger partial charge is 0.227 e. The van der Waals surface area contributed by atoms with E-state index >= 15 is 0 Å². The highest BCUT2D eigenvalue weighted by Crippen LogP contribution is 2.34. The monoisotopic (exact) mass is 366 g/mol. The largest absolute Gasteiger partial charge is 0.345 e. The zero-order valence-corrected chi connectivity index (χ0v) is 15.9. The third-order valence-electron chi connectivity index (χ3n) is 6.43. The predicted molar refractivity (Wildman–Crippen MR) is 104 cm³/mol. The molecule has 5 rings (SSSR count). The van der Waals surface area contributed by atoms with E-state index in [0.29, 0.717) is 11.8 Å². The number of aromatic nitrogens is 4. The Labute approximate surface area is 158 Å². The summed E-state index contributed by atoms with van der Waals surface area (Å²) in [6.45, 7) is 5.81. The van der Waals surface area contributed by atoms with Crippen LogP contribution in [0.2, 0.25) is 0 Å². The summed E-state index contributed by atoms with van der Waals surface area (Å²) in [5.74, 6) is 2.26. The second-order valence-corrected chi connectivity index (χ2v) is 8.25. The average Bonchev–Trinajstić information content (AvgIpc) is 3.39. The normalized spacial score (nSPS) is 27.0. The van der Waals surface area contributed by atoms with Gasteiger partial charge in [0.05, 0.1) is 29.3 Å². The number of nitrogens with zero attached hydrogens (tertiary/aromatic N) is 5. The molecule has 27 heavy (non-hydrogen) atoms. The van der Waals surface area contributed by atoms with Crippen molar-refractivity contribution in [2.24, 2.45) is 11.8 Å². The fourth-order valence-corrected chi connectivity index (χ4v) is 4.76. The molecule has 1 amide bonds. The first-order chi connectivity index (χ1) is 13.1. The highest BCUT2D eigenvalue weighted by atomic mass is 16.2. The Morgan fingerprint density at radius 2 is 2.04 bits per heavy atom. The van der Waals surface area contributed by atoms with Crippen LogP contribution in [-0.2, 0) is 4.79 Å². The molecule has 2 saturated heterocycles. The Morgan fingerprint density at radius 3 is 2.85 bits per heavy atom. The van der Waals surface area contributed by atoms with E-state index in [1.807, 2.05) is 24.7 Å². The lowest BCUT2D eigenvalue weighted by atomic mass is 9.85. The fraction of sp³-hybridized carbons (Fsp3) is 0.550. The van der Waals surface area contributed by atoms with Gasteiger partial charge in [-0.2, -0.15) is 0 Å². The summed E-state index contributed by atoms with van der Waals surface area (Å²) < 4.78 is 2.21. The first-order valence-electron chi connectivity index (χ1n) is 9.88. The highest BCUT2D eigenvalue weighted by molar-refractivity contribution is 5.80. The summed E-state index contributed by atoms with van der Waals surface area (Å²) >= 11 is 0. The van der Waals surface area contributed by atoms with Crippen LogP contribution in [-0.4, -0.2) is 68.3 Å². The van der Waals surface area contributed by atoms with Gasteiger partial charge in [-0.1, -0.05) is 6.92 Å². The van der Waals surface area contributed by atoms with Gasteiger partial charge in [-0.15, -0.1) is 0 Å². The average molecular weight is 366 g/mol. The Bertz CT molecular complexity index is 991. The SMILES string of the molecule is CC1CCN(C(=O)C2CCN(C)C2)CC1c1ncc2cnc3[nH]ccc3n12. The molecule has 2 aliphatic rings. The second kappa shape index (κ2) is 6.34. The number of rotatable bonds is 2. The number of piperidine rings is 1. The van der Waals surface area contributed by atoms with Crippen molar-refractivity contribution in [3.8, 4) is 0 Å². The zero-order chi connectivity index (χ0) is 18.5. The van der Waals surface area contributed by atoms with Crippen molar-refractivity contribution in [3.63, 3.8) is 0 Å². The number of imidazole rings is 1. The lowest BCUT2D eigenvalue weighted by molar-refractivity contribution is -0.136. The van der Waals surface area contributed by atoms with E-state index in [2.05, 4.69) is 38.1 Å². The number of carbonyl (C=O) groups excluding carboxylic acids is 1. The van der Waals surface area contributed by atoms with Gasteiger partial charge in [0.25, 0.3) is 0 Å². The molecule has 0 radical (unpaired) electrons. The van der Waals surface area contributed by atoms with E-state index in [1.54, 1.807) is 0 Å². The minimum absolute atomic E-state index is 0.154. The number of likely N-dealkylation sites (tertiary alicyclic amines) is 2. The molecule has 142 valence electrons. The van der Waals surface area contributed by atoms with E-state index in [1.165, 1.54) is 0 Å². The van der Waals surface area contributed by atoms with Crippen molar-refractivity contribution in [2.45, 2.75) is 25.7 Å². The minimum Gasteiger partial charge on any atom is -0.345 e. The molecule has 1 N–H and O–H groups in total. The molecule has 0 saturated carbocycles. The van der Waals surface area contributed by atoms with Gasteiger partial charge in [0.15, 0.2) is 5.65 Å². The maximum Gasteiger partial charge on any atom is 0.227 e. The van der Waals surface area contributed by atoms with E-state index in [0.717, 1.165) is 61.5 Å². The molecular formula is C20H26N6O. The first kappa shape index (κ1) is 16.7. The number of aromatic amines is 1. The van der Waals surface area contributed by atoms with E-state index in [9.17, 15) is 4.79 Å². The van der Waals surface area contributed by atoms with Crippen molar-refractivity contribution in [2.75, 3.05) is 33.2 Å². The Balaban J connectivity index is 1.48. The van der Waals surface area contributed by atoms with Gasteiger partial charge in [0.1, 0.15) is 5.82 Å². The van der Waals surface area contributed by atoms with Crippen LogP contribution >= 0.6 is 0 Å². The number of nitrogens with one attached hydrogen (secondary N) is 1. The van der Waals surface area contributed by atoms with Crippen LogP contribution in [0.4, 0.5) is 0 Å². The van der Waals surface area contributed by atoms with Crippen LogP contribution in [0.3, 0.4) is 0 Å². The minimum atomic E-state index is 0.154. The van der Waals surface area contributed by atoms with E-state index in [4.69, 9.17) is 4.98 Å². The Hall–Kier alpha value is -2.41. The van der Waals surface area contributed by atoms with Gasteiger partial charge in [-0.25, -0.2) is 9.97 Å². The molecule has 3 aromatic heterocycles. The summed E-state index contributed by atoms with van der Waals surface area (Å²) in [7, 11) is 2.10. The molecule has 5 heterocycles. The van der Waals surface area contributed by atoms with Crippen LogP contribution in [0.1, 0.15) is 31.5 Å². The van der Waals surface area contributed by atoms with Crippen molar-refractivity contribution < 1.29 is 4.79 Å². The van der Waals surface area contributed by atoms with Gasteiger partial charge < -0.3 is 14.8 Å². The quantitative estimate of drug-likeness (QED) is 0.754. The van der Waals surface area contributed by atoms with Crippen LogP contribution in [0.25, 0.3) is 16.7 Å². The topological polar surface area (TPSA) is 69.5 Å². The molecule has 0 aliphatic carbocycles. The number of amides is 1. The van der Waals surface area contributed by atoms with Crippen LogP contribution in [0.15, 0.2) is 24.7 Å². The number of hydrogen-bond acceptors (Lipinski definition) is 4. The van der Waals surface area contributed by atoms with Crippen LogP contribution in [0.5, 0.6) is 0 Å². The molecule has 0 bridgehead atoms. The predicted octanol–water partition coefficient (Wildman–Crippen LogP) is 2.11. The third kappa shape index (κ3) is 2.72. The number of carbonyl (C=O) groups is 1. The fourth-order valence-electron chi connectivity index (χ4n) is 4.76. The summed E-state index contributed by atoms with van der Waals surface area (Å²) in [6, 6.07) is 2.05. The lowest BCUT2D eigenvalue weighted by Gasteiger charge is -2.37. The first-order valence-corrected chi connectivity index (χ1v) is 9.88. The summed E-state index contributed by atoms with van der Waals surface area (Å²) in [5.41, 5.74) is 2.92. The molecule has 3 atom stereocenters. The standard InChI is InChI=1S/C20H26N6O/c1-13-4-8-25(20(27)14-5-7-24(2)11-14)12-16(13)19-23-10-15-9-22-18-17(26(15)19)3-6-21-18/h3,6,9-10,13-14,16,21H,4-5,7-8,11-12H2,1-2H3. The maximum absolute atomic E-state index is 13.1. The highest BCUT2D eigenvalue weighted by Gasteiger charge is 2.36. The maximum atomic E-state index is 13.1. The zero-order valence-electron chi connectivity index (χ0n) is 15.9. The second-order valence-electron chi connectivity index (χ2n) is 8.25. The van der Waals surface area contributed by atoms with Crippen molar-refractivity contribution in [1.82, 2.24) is 29.2 Å². The molecule has 3 aromatic rings. The van der Waals surface area contributed by atoms with Crippen molar-refractivity contribution in [1.29, 1.82) is 0 Å². The molecule has 7 heteroatoms. The van der Waals surface area contributed by atoms with Crippen LogP contribution in [0, 0.1) is 11.8 Å². The Morgan fingerprint density at radius 1 is 1.19 bits per heavy atom. The molecule has 0 aromatic carbocycles. The van der Waals surface area contributed by atoms with Crippen molar-refractivity contribution in [3.05, 3.63) is 30.5 Å². The third-order valence-corrected chi connectivity index (χ3v) is 6.43. The summed E-state index contributed by atoms with van der Waals surface area (Å²) in [5, 5.41) is 0. The van der Waals surface area contributed by atoms with Gasteiger partial charge in [-0.05, 0) is 38.4 Å². The van der Waals surface area contributed by atoms with Crippen molar-refractivity contribution >= 4 is 22.6 Å². The number of H-pyrrole nitrogens is 1. The molecule has 2 fully saturated rings. The Kier molecular flexibility index (Phi) is 3.93. The summed E-state index contributed by atoms with van der Waals surface area (Å²) in [6.07, 6.45) is 7.68. The van der Waals surface area contributed by atoms with Gasteiger partial charge in [0.2, 0.25) is 5.91 Å². The van der Waals surface area contributed by atoms with E-state index < -0.39 is 0 Å².